The Labute approximate surface area is 73.9 Å². The van der Waals surface area contributed by atoms with Crippen LogP contribution in [0, 0.1) is 12.3 Å². The van der Waals surface area contributed by atoms with Crippen LogP contribution in [-0.2, 0) is 4.79 Å². The molecular weight excluding hydrogens is 150 g/mol. The van der Waals surface area contributed by atoms with Crippen molar-refractivity contribution in [2.75, 3.05) is 13.1 Å². The highest BCUT2D eigenvalue weighted by molar-refractivity contribution is 5.79. The van der Waals surface area contributed by atoms with E-state index in [-0.39, 0.29) is 0 Å². The van der Waals surface area contributed by atoms with Crippen molar-refractivity contribution in [1.29, 1.82) is 0 Å². The summed E-state index contributed by atoms with van der Waals surface area (Å²) in [5.74, 6) is 3.01. The molecule has 1 heterocycles. The van der Waals surface area contributed by atoms with Gasteiger partial charge in [0.1, 0.15) is 5.78 Å². The highest BCUT2D eigenvalue weighted by atomic mass is 16.1. The zero-order valence-electron chi connectivity index (χ0n) is 7.55. The van der Waals surface area contributed by atoms with Crippen molar-refractivity contribution in [3.63, 3.8) is 0 Å². The molecule has 1 unspecified atom stereocenters. The second-order valence-corrected chi connectivity index (χ2v) is 3.33. The summed E-state index contributed by atoms with van der Waals surface area (Å²) >= 11 is 0. The Kier molecular flexibility index (Phi) is 3.31. The first-order valence-electron chi connectivity index (χ1n) is 4.43. The predicted molar refractivity (Wildman–Crippen MR) is 48.7 cm³/mol. The first-order valence-corrected chi connectivity index (χ1v) is 4.43. The molecule has 12 heavy (non-hydrogen) atoms. The van der Waals surface area contributed by atoms with Gasteiger partial charge in [0, 0.05) is 38.4 Å². The Hall–Kier alpha value is -0.810. The van der Waals surface area contributed by atoms with Crippen molar-refractivity contribution in [3.05, 3.63) is 0 Å². The number of rotatable bonds is 2. The van der Waals surface area contributed by atoms with E-state index in [1.165, 1.54) is 0 Å². The van der Waals surface area contributed by atoms with Crippen molar-refractivity contribution in [2.24, 2.45) is 0 Å². The van der Waals surface area contributed by atoms with Crippen LogP contribution in [0.5, 0.6) is 0 Å². The van der Waals surface area contributed by atoms with Crippen LogP contribution < -0.4 is 0 Å². The minimum atomic E-state index is 0.388. The lowest BCUT2D eigenvalue weighted by molar-refractivity contribution is -0.122. The van der Waals surface area contributed by atoms with Gasteiger partial charge < -0.3 is 0 Å². The van der Waals surface area contributed by atoms with Crippen LogP contribution in [0.2, 0.25) is 0 Å². The maximum Gasteiger partial charge on any atom is 0.135 e. The lowest BCUT2D eigenvalue weighted by Crippen LogP contribution is -2.41. The third-order valence-corrected chi connectivity index (χ3v) is 2.37. The van der Waals surface area contributed by atoms with Crippen molar-refractivity contribution >= 4 is 5.78 Å². The largest absolute Gasteiger partial charge is 0.300 e. The average Bonchev–Trinajstić information content (AvgIpc) is 2.03. The molecule has 2 heteroatoms. The van der Waals surface area contributed by atoms with Gasteiger partial charge in [-0.25, -0.2) is 0 Å². The van der Waals surface area contributed by atoms with E-state index in [9.17, 15) is 4.79 Å². The number of Topliss-reactive ketones (excluding diaryl/α,β-unsaturated/α-hetero) is 1. The minimum absolute atomic E-state index is 0.388. The average molecular weight is 165 g/mol. The van der Waals surface area contributed by atoms with E-state index < -0.39 is 0 Å². The molecular formula is C10H15NO. The van der Waals surface area contributed by atoms with Gasteiger partial charge in [-0.1, -0.05) is 0 Å². The number of carbonyl (C=O) groups excluding carboxylic acids is 1. The molecule has 0 amide bonds. The summed E-state index contributed by atoms with van der Waals surface area (Å²) in [7, 11) is 0. The van der Waals surface area contributed by atoms with Crippen LogP contribution in [-0.4, -0.2) is 29.8 Å². The van der Waals surface area contributed by atoms with Crippen molar-refractivity contribution in [2.45, 2.75) is 32.2 Å². The van der Waals surface area contributed by atoms with Crippen LogP contribution in [0.25, 0.3) is 0 Å². The van der Waals surface area contributed by atoms with E-state index >= 15 is 0 Å². The van der Waals surface area contributed by atoms with Crippen LogP contribution >= 0.6 is 0 Å². The molecule has 1 rings (SSSR count). The lowest BCUT2D eigenvalue weighted by atomic mass is 10.0. The number of carbonyl (C=O) groups is 1. The molecule has 0 N–H and O–H groups in total. The molecule has 0 spiro atoms. The maximum atomic E-state index is 11.0. The Balaban J connectivity index is 2.35. The topological polar surface area (TPSA) is 20.3 Å². The number of piperidine rings is 1. The van der Waals surface area contributed by atoms with Crippen molar-refractivity contribution in [3.8, 4) is 12.3 Å². The Morgan fingerprint density at radius 1 is 1.75 bits per heavy atom. The van der Waals surface area contributed by atoms with E-state index in [2.05, 4.69) is 17.7 Å². The fourth-order valence-corrected chi connectivity index (χ4v) is 1.59. The van der Waals surface area contributed by atoms with E-state index in [1.54, 1.807) is 0 Å². The van der Waals surface area contributed by atoms with Gasteiger partial charge in [0.25, 0.3) is 0 Å². The molecule has 0 aromatic rings. The van der Waals surface area contributed by atoms with Crippen LogP contribution in [0.3, 0.4) is 0 Å². The molecule has 0 aliphatic carbocycles. The zero-order valence-corrected chi connectivity index (χ0v) is 7.55. The number of hydrogen-bond acceptors (Lipinski definition) is 2. The zero-order chi connectivity index (χ0) is 8.97. The highest BCUT2D eigenvalue weighted by Crippen LogP contribution is 2.13. The first kappa shape index (κ1) is 9.28. The summed E-state index contributed by atoms with van der Waals surface area (Å²) in [5.41, 5.74) is 0. The van der Waals surface area contributed by atoms with E-state index in [1.807, 2.05) is 0 Å². The molecule has 1 aliphatic rings. The summed E-state index contributed by atoms with van der Waals surface area (Å²) in [6.45, 7) is 3.92. The second kappa shape index (κ2) is 4.27. The van der Waals surface area contributed by atoms with E-state index in [4.69, 9.17) is 6.42 Å². The van der Waals surface area contributed by atoms with Crippen LogP contribution in [0.4, 0.5) is 0 Å². The molecule has 0 radical (unpaired) electrons. The van der Waals surface area contributed by atoms with Gasteiger partial charge in [-0.15, -0.1) is 12.3 Å². The van der Waals surface area contributed by atoms with Gasteiger partial charge in [-0.05, 0) is 6.92 Å². The molecule has 1 fully saturated rings. The Bertz CT molecular complexity index is 204. The lowest BCUT2D eigenvalue weighted by Gasteiger charge is -2.31. The molecule has 0 aromatic heterocycles. The molecule has 1 saturated heterocycles. The minimum Gasteiger partial charge on any atom is -0.300 e. The molecule has 2 nitrogen and oxygen atoms in total. The number of hydrogen-bond donors (Lipinski definition) is 0. The summed E-state index contributed by atoms with van der Waals surface area (Å²) in [6.07, 6.45) is 7.37. The number of nitrogens with zero attached hydrogens (tertiary/aromatic N) is 1. The van der Waals surface area contributed by atoms with Gasteiger partial charge in [0.05, 0.1) is 0 Å². The fraction of sp³-hybridized carbons (Fsp3) is 0.700. The second-order valence-electron chi connectivity index (χ2n) is 3.33. The fourth-order valence-electron chi connectivity index (χ4n) is 1.59. The first-order chi connectivity index (χ1) is 5.74. The summed E-state index contributed by atoms with van der Waals surface area (Å²) in [4.78, 5) is 13.3. The van der Waals surface area contributed by atoms with Gasteiger partial charge in [-0.2, -0.15) is 0 Å². The normalized spacial score (nSPS) is 25.3. The third-order valence-electron chi connectivity index (χ3n) is 2.37. The molecule has 0 saturated carbocycles. The van der Waals surface area contributed by atoms with Gasteiger partial charge in [-0.3, -0.25) is 9.69 Å². The molecule has 66 valence electrons. The quantitative estimate of drug-likeness (QED) is 0.570. The van der Waals surface area contributed by atoms with E-state index in [0.29, 0.717) is 24.7 Å². The molecule has 0 bridgehead atoms. The third kappa shape index (κ3) is 2.35. The summed E-state index contributed by atoms with van der Waals surface area (Å²) in [5, 5.41) is 0. The van der Waals surface area contributed by atoms with Gasteiger partial charge in [0.15, 0.2) is 0 Å². The SMILES string of the molecule is C#CCCN1CCC(=O)CC1C. The smallest absolute Gasteiger partial charge is 0.135 e. The van der Waals surface area contributed by atoms with E-state index in [0.717, 1.165) is 19.5 Å². The number of ketones is 1. The Morgan fingerprint density at radius 3 is 3.08 bits per heavy atom. The predicted octanol–water partition coefficient (Wildman–Crippen LogP) is 1.06. The highest BCUT2D eigenvalue weighted by Gasteiger charge is 2.22. The molecule has 0 aromatic carbocycles. The molecule has 1 atom stereocenters. The van der Waals surface area contributed by atoms with Crippen molar-refractivity contribution in [1.82, 2.24) is 4.90 Å². The Morgan fingerprint density at radius 2 is 2.50 bits per heavy atom. The van der Waals surface area contributed by atoms with Gasteiger partial charge in [0.2, 0.25) is 0 Å². The maximum absolute atomic E-state index is 11.0. The van der Waals surface area contributed by atoms with Crippen LogP contribution in [0.15, 0.2) is 0 Å². The van der Waals surface area contributed by atoms with Gasteiger partial charge >= 0.3 is 0 Å². The monoisotopic (exact) mass is 165 g/mol. The number of likely N-dealkylation sites (tertiary alicyclic amines) is 1. The summed E-state index contributed by atoms with van der Waals surface area (Å²) in [6, 6.07) is 0.389. The number of terminal acetylenes is 1. The van der Waals surface area contributed by atoms with Crippen LogP contribution in [0.1, 0.15) is 26.2 Å². The molecule has 1 aliphatic heterocycles. The van der Waals surface area contributed by atoms with Crippen molar-refractivity contribution < 1.29 is 4.79 Å². The standard InChI is InChI=1S/C10H15NO/c1-3-4-6-11-7-5-10(12)8-9(11)2/h1,9H,4-8H2,2H3. The summed E-state index contributed by atoms with van der Waals surface area (Å²) < 4.78 is 0.